The number of rotatable bonds is 4. The van der Waals surface area contributed by atoms with E-state index in [-0.39, 0.29) is 24.3 Å². The molecule has 0 spiro atoms. The number of carbonyl (C=O) groups is 2. The molecular weight excluding hydrogens is 218 g/mol. The molecule has 1 aliphatic rings. The lowest BCUT2D eigenvalue weighted by Gasteiger charge is -2.07. The Hall–Kier alpha value is -1.88. The third-order valence-corrected chi connectivity index (χ3v) is 2.55. The SMILES string of the molecule is NCC(=O)Nc1cccc(NC(=O)C2CC2)c1. The highest BCUT2D eigenvalue weighted by Crippen LogP contribution is 2.30. The average Bonchev–Trinajstić information content (AvgIpc) is 3.13. The second kappa shape index (κ2) is 4.97. The van der Waals surface area contributed by atoms with Crippen LogP contribution in [0.5, 0.6) is 0 Å². The van der Waals surface area contributed by atoms with Gasteiger partial charge in [0.25, 0.3) is 0 Å². The summed E-state index contributed by atoms with van der Waals surface area (Å²) in [5.41, 5.74) is 6.53. The van der Waals surface area contributed by atoms with Crippen LogP contribution in [0.1, 0.15) is 12.8 Å². The molecule has 1 aromatic carbocycles. The maximum Gasteiger partial charge on any atom is 0.238 e. The van der Waals surface area contributed by atoms with Crippen molar-refractivity contribution in [2.45, 2.75) is 12.8 Å². The molecule has 0 radical (unpaired) electrons. The molecule has 4 N–H and O–H groups in total. The third kappa shape index (κ3) is 3.29. The minimum Gasteiger partial charge on any atom is -0.326 e. The van der Waals surface area contributed by atoms with Crippen LogP contribution >= 0.6 is 0 Å². The van der Waals surface area contributed by atoms with Crippen LogP contribution in [-0.2, 0) is 9.59 Å². The van der Waals surface area contributed by atoms with Crippen LogP contribution < -0.4 is 16.4 Å². The highest BCUT2D eigenvalue weighted by molar-refractivity contribution is 5.96. The van der Waals surface area contributed by atoms with Gasteiger partial charge < -0.3 is 16.4 Å². The van der Waals surface area contributed by atoms with Crippen molar-refractivity contribution in [3.8, 4) is 0 Å². The van der Waals surface area contributed by atoms with Crippen LogP contribution in [0.25, 0.3) is 0 Å². The van der Waals surface area contributed by atoms with Crippen molar-refractivity contribution in [3.63, 3.8) is 0 Å². The number of benzene rings is 1. The van der Waals surface area contributed by atoms with Crippen molar-refractivity contribution in [3.05, 3.63) is 24.3 Å². The molecule has 0 aromatic heterocycles. The summed E-state index contributed by atoms with van der Waals surface area (Å²) < 4.78 is 0. The summed E-state index contributed by atoms with van der Waals surface area (Å²) in [6, 6.07) is 7.03. The Morgan fingerprint density at radius 2 is 1.88 bits per heavy atom. The molecule has 0 bridgehead atoms. The van der Waals surface area contributed by atoms with Gasteiger partial charge in [-0.2, -0.15) is 0 Å². The predicted molar refractivity (Wildman–Crippen MR) is 65.5 cm³/mol. The molecule has 17 heavy (non-hydrogen) atoms. The van der Waals surface area contributed by atoms with E-state index in [0.29, 0.717) is 11.4 Å². The fourth-order valence-electron chi connectivity index (χ4n) is 1.48. The summed E-state index contributed by atoms with van der Waals surface area (Å²) in [7, 11) is 0. The van der Waals surface area contributed by atoms with E-state index in [1.54, 1.807) is 24.3 Å². The van der Waals surface area contributed by atoms with Crippen LogP contribution in [0.2, 0.25) is 0 Å². The molecule has 1 aliphatic carbocycles. The summed E-state index contributed by atoms with van der Waals surface area (Å²) in [6.07, 6.45) is 1.94. The van der Waals surface area contributed by atoms with Crippen LogP contribution in [0, 0.1) is 5.92 Å². The molecule has 90 valence electrons. The summed E-state index contributed by atoms with van der Waals surface area (Å²) in [6.45, 7) is -0.0569. The molecule has 0 saturated heterocycles. The van der Waals surface area contributed by atoms with Crippen LogP contribution in [0.3, 0.4) is 0 Å². The average molecular weight is 233 g/mol. The van der Waals surface area contributed by atoms with E-state index in [2.05, 4.69) is 10.6 Å². The van der Waals surface area contributed by atoms with Gasteiger partial charge in [-0.25, -0.2) is 0 Å². The zero-order valence-corrected chi connectivity index (χ0v) is 9.40. The molecular formula is C12H15N3O2. The normalized spacial score (nSPS) is 14.2. The molecule has 5 nitrogen and oxygen atoms in total. The number of nitrogens with two attached hydrogens (primary N) is 1. The number of anilines is 2. The molecule has 0 atom stereocenters. The molecule has 0 heterocycles. The predicted octanol–water partition coefficient (Wildman–Crippen LogP) is 0.932. The second-order valence-electron chi connectivity index (χ2n) is 4.10. The van der Waals surface area contributed by atoms with Gasteiger partial charge in [-0.3, -0.25) is 9.59 Å². The van der Waals surface area contributed by atoms with E-state index in [1.807, 2.05) is 0 Å². The number of amides is 2. The molecule has 1 fully saturated rings. The Bertz CT molecular complexity index is 441. The second-order valence-corrected chi connectivity index (χ2v) is 4.10. The monoisotopic (exact) mass is 233 g/mol. The first kappa shape index (κ1) is 11.6. The standard InChI is InChI=1S/C12H15N3O2/c13-7-11(16)14-9-2-1-3-10(6-9)15-12(17)8-4-5-8/h1-3,6,8H,4-5,7,13H2,(H,14,16)(H,15,17). The smallest absolute Gasteiger partial charge is 0.238 e. The summed E-state index contributed by atoms with van der Waals surface area (Å²) in [4.78, 5) is 22.7. The lowest BCUT2D eigenvalue weighted by atomic mass is 10.2. The Morgan fingerprint density at radius 3 is 2.47 bits per heavy atom. The zero-order valence-electron chi connectivity index (χ0n) is 9.40. The first-order valence-corrected chi connectivity index (χ1v) is 5.60. The maximum atomic E-state index is 11.5. The van der Waals surface area contributed by atoms with Gasteiger partial charge in [0, 0.05) is 17.3 Å². The lowest BCUT2D eigenvalue weighted by molar-refractivity contribution is -0.117. The van der Waals surface area contributed by atoms with Crippen LogP contribution in [0.15, 0.2) is 24.3 Å². The quantitative estimate of drug-likeness (QED) is 0.723. The molecule has 0 unspecified atom stereocenters. The maximum absolute atomic E-state index is 11.5. The molecule has 0 aliphatic heterocycles. The Balaban J connectivity index is 2.00. The minimum absolute atomic E-state index is 0.0484. The van der Waals surface area contributed by atoms with Gasteiger partial charge in [0.1, 0.15) is 0 Å². The fourth-order valence-corrected chi connectivity index (χ4v) is 1.48. The van der Waals surface area contributed by atoms with Gasteiger partial charge >= 0.3 is 0 Å². The number of hydrogen-bond donors (Lipinski definition) is 3. The van der Waals surface area contributed by atoms with E-state index in [4.69, 9.17) is 5.73 Å². The van der Waals surface area contributed by atoms with E-state index < -0.39 is 0 Å². The number of hydrogen-bond acceptors (Lipinski definition) is 3. The van der Waals surface area contributed by atoms with Gasteiger partial charge in [0.15, 0.2) is 0 Å². The Morgan fingerprint density at radius 1 is 1.24 bits per heavy atom. The summed E-state index contributed by atoms with van der Waals surface area (Å²) in [5.74, 6) is -0.0414. The third-order valence-electron chi connectivity index (χ3n) is 2.55. The summed E-state index contributed by atoms with van der Waals surface area (Å²) >= 11 is 0. The van der Waals surface area contributed by atoms with Crippen molar-refractivity contribution >= 4 is 23.2 Å². The molecule has 1 saturated carbocycles. The van der Waals surface area contributed by atoms with E-state index in [0.717, 1.165) is 12.8 Å². The largest absolute Gasteiger partial charge is 0.326 e. The van der Waals surface area contributed by atoms with Gasteiger partial charge in [-0.05, 0) is 31.0 Å². The molecule has 2 amide bonds. The van der Waals surface area contributed by atoms with Crippen molar-refractivity contribution in [2.24, 2.45) is 11.7 Å². The number of carbonyl (C=O) groups excluding carboxylic acids is 2. The topological polar surface area (TPSA) is 84.2 Å². The van der Waals surface area contributed by atoms with Crippen LogP contribution in [0.4, 0.5) is 11.4 Å². The highest BCUT2D eigenvalue weighted by Gasteiger charge is 2.29. The fraction of sp³-hybridized carbons (Fsp3) is 0.333. The van der Waals surface area contributed by atoms with E-state index in [9.17, 15) is 9.59 Å². The highest BCUT2D eigenvalue weighted by atomic mass is 16.2. The molecule has 5 heteroatoms. The lowest BCUT2D eigenvalue weighted by Crippen LogP contribution is -2.22. The van der Waals surface area contributed by atoms with Crippen molar-refractivity contribution < 1.29 is 9.59 Å². The van der Waals surface area contributed by atoms with E-state index in [1.165, 1.54) is 0 Å². The van der Waals surface area contributed by atoms with Gasteiger partial charge in [-0.1, -0.05) is 6.07 Å². The van der Waals surface area contributed by atoms with Crippen molar-refractivity contribution in [2.75, 3.05) is 17.2 Å². The van der Waals surface area contributed by atoms with Gasteiger partial charge in [0.2, 0.25) is 11.8 Å². The first-order chi connectivity index (χ1) is 8.19. The zero-order chi connectivity index (χ0) is 12.3. The molecule has 1 aromatic rings. The molecule has 2 rings (SSSR count). The van der Waals surface area contributed by atoms with Gasteiger partial charge in [0.05, 0.1) is 6.54 Å². The van der Waals surface area contributed by atoms with Gasteiger partial charge in [-0.15, -0.1) is 0 Å². The van der Waals surface area contributed by atoms with Crippen molar-refractivity contribution in [1.82, 2.24) is 0 Å². The Labute approximate surface area is 99.4 Å². The van der Waals surface area contributed by atoms with Crippen LogP contribution in [-0.4, -0.2) is 18.4 Å². The minimum atomic E-state index is -0.254. The first-order valence-electron chi connectivity index (χ1n) is 5.60. The van der Waals surface area contributed by atoms with E-state index >= 15 is 0 Å². The summed E-state index contributed by atoms with van der Waals surface area (Å²) in [5, 5.41) is 5.45. The number of nitrogens with one attached hydrogen (secondary N) is 2. The Kier molecular flexibility index (Phi) is 3.39. The van der Waals surface area contributed by atoms with Crippen molar-refractivity contribution in [1.29, 1.82) is 0 Å².